The molecule has 0 bridgehead atoms. The zero-order valence-electron chi connectivity index (χ0n) is 4.51. The molecule has 0 saturated heterocycles. The SMILES string of the molecule is Clc1ncc[c]([Zn+])n1.[Cl-]. The maximum Gasteiger partial charge on any atom is -1.00 e. The van der Waals surface area contributed by atoms with Crippen molar-refractivity contribution in [1.82, 2.24) is 9.97 Å². The van der Waals surface area contributed by atoms with E-state index in [4.69, 9.17) is 11.6 Å². The van der Waals surface area contributed by atoms with Crippen molar-refractivity contribution < 1.29 is 30.7 Å². The van der Waals surface area contributed by atoms with Crippen molar-refractivity contribution in [3.05, 3.63) is 17.5 Å². The molecule has 1 rings (SSSR count). The van der Waals surface area contributed by atoms with E-state index in [1.165, 1.54) is 0 Å². The second-order valence-corrected chi connectivity index (χ2v) is 3.18. The number of nitrogens with zero attached hydrogens (tertiary/aromatic N) is 2. The maximum atomic E-state index is 5.44. The molecule has 5 heteroatoms. The third-order valence-electron chi connectivity index (χ3n) is 0.684. The van der Waals surface area contributed by atoms with E-state index in [2.05, 4.69) is 9.97 Å². The zero-order valence-corrected chi connectivity index (χ0v) is 8.99. The summed E-state index contributed by atoms with van der Waals surface area (Å²) in [7, 11) is 0. The minimum absolute atomic E-state index is 0. The molecule has 1 aromatic heterocycles. The average molecular weight is 214 g/mol. The van der Waals surface area contributed by atoms with Crippen molar-refractivity contribution in [2.45, 2.75) is 0 Å². The Hall–Kier alpha value is 0.283. The van der Waals surface area contributed by atoms with Crippen LogP contribution in [0.15, 0.2) is 12.3 Å². The fourth-order valence-corrected chi connectivity index (χ4v) is 1.28. The normalized spacial score (nSPS) is 8.33. The minimum atomic E-state index is 0. The van der Waals surface area contributed by atoms with Gasteiger partial charge < -0.3 is 12.4 Å². The van der Waals surface area contributed by atoms with E-state index in [0.717, 1.165) is 22.6 Å². The van der Waals surface area contributed by atoms with Crippen LogP contribution in [-0.2, 0) is 18.3 Å². The molecule has 0 N–H and O–H groups in total. The minimum Gasteiger partial charge on any atom is -1.00 e. The largest absolute Gasteiger partial charge is 1.00 e. The quantitative estimate of drug-likeness (QED) is 0.347. The molecule has 1 aromatic rings. The molecule has 0 unspecified atom stereocenters. The van der Waals surface area contributed by atoms with Gasteiger partial charge in [-0.1, -0.05) is 0 Å². The van der Waals surface area contributed by atoms with E-state index in [9.17, 15) is 0 Å². The first-order valence-corrected chi connectivity index (χ1v) is 3.96. The predicted octanol–water partition coefficient (Wildman–Crippen LogP) is -2.69. The number of rotatable bonds is 0. The van der Waals surface area contributed by atoms with Gasteiger partial charge in [-0.25, -0.2) is 0 Å². The fraction of sp³-hybridized carbons (Fsp3) is 0. The summed E-state index contributed by atoms with van der Waals surface area (Å²) >= 11 is 6.47. The molecular formula is C4H2Cl2N2Zn. The van der Waals surface area contributed by atoms with Crippen LogP contribution >= 0.6 is 11.6 Å². The Morgan fingerprint density at radius 2 is 2.22 bits per heavy atom. The van der Waals surface area contributed by atoms with Crippen molar-refractivity contribution in [3.63, 3.8) is 0 Å². The van der Waals surface area contributed by atoms with Gasteiger partial charge in [-0.2, -0.15) is 0 Å². The Balaban J connectivity index is 0.000000640. The molecule has 0 spiro atoms. The third kappa shape index (κ3) is 3.09. The van der Waals surface area contributed by atoms with E-state index >= 15 is 0 Å². The van der Waals surface area contributed by atoms with E-state index < -0.39 is 0 Å². The van der Waals surface area contributed by atoms with Crippen molar-refractivity contribution in [2.24, 2.45) is 0 Å². The van der Waals surface area contributed by atoms with Crippen molar-refractivity contribution in [1.29, 1.82) is 0 Å². The number of halogens is 2. The van der Waals surface area contributed by atoms with Gasteiger partial charge in [0, 0.05) is 0 Å². The zero-order chi connectivity index (χ0) is 5.98. The Bertz CT molecular complexity index is 176. The van der Waals surface area contributed by atoms with Crippen molar-refractivity contribution >= 4 is 15.9 Å². The Kier molecular flexibility index (Phi) is 4.29. The van der Waals surface area contributed by atoms with Crippen LogP contribution < -0.4 is 16.7 Å². The number of hydrogen-bond acceptors (Lipinski definition) is 2. The van der Waals surface area contributed by atoms with Crippen LogP contribution in [0.1, 0.15) is 0 Å². The summed E-state index contributed by atoms with van der Waals surface area (Å²) in [6, 6.07) is 1.85. The summed E-state index contributed by atoms with van der Waals surface area (Å²) in [5.41, 5.74) is 0. The maximum absolute atomic E-state index is 5.44. The molecule has 0 radical (unpaired) electrons. The monoisotopic (exact) mass is 212 g/mol. The molecular weight excluding hydrogens is 212 g/mol. The Labute approximate surface area is 74.1 Å². The van der Waals surface area contributed by atoms with E-state index in [1.54, 1.807) is 6.20 Å². The van der Waals surface area contributed by atoms with E-state index in [-0.39, 0.29) is 12.4 Å². The Morgan fingerprint density at radius 3 is 2.56 bits per heavy atom. The number of aromatic nitrogens is 2. The second kappa shape index (κ2) is 4.16. The molecule has 0 atom stereocenters. The van der Waals surface area contributed by atoms with Gasteiger partial charge in [0.2, 0.25) is 0 Å². The number of hydrogen-bond donors (Lipinski definition) is 0. The van der Waals surface area contributed by atoms with Crippen LogP contribution in [0.25, 0.3) is 0 Å². The summed E-state index contributed by atoms with van der Waals surface area (Å²) in [5, 5.41) is 0.341. The molecule has 0 fully saturated rings. The van der Waals surface area contributed by atoms with Crippen LogP contribution in [-0.4, -0.2) is 9.97 Å². The molecule has 0 amide bonds. The van der Waals surface area contributed by atoms with Gasteiger partial charge >= 0.3 is 61.7 Å². The second-order valence-electron chi connectivity index (χ2n) is 1.32. The van der Waals surface area contributed by atoms with Crippen LogP contribution in [0.5, 0.6) is 0 Å². The molecule has 0 aromatic carbocycles. The average Bonchev–Trinajstić information content (AvgIpc) is 1.64. The van der Waals surface area contributed by atoms with Crippen molar-refractivity contribution in [3.8, 4) is 0 Å². The smallest absolute Gasteiger partial charge is 1.00 e. The fourth-order valence-electron chi connectivity index (χ4n) is 0.369. The topological polar surface area (TPSA) is 25.8 Å². The summed E-state index contributed by atoms with van der Waals surface area (Å²) in [6.45, 7) is 0. The first-order valence-electron chi connectivity index (χ1n) is 2.09. The van der Waals surface area contributed by atoms with Gasteiger partial charge in [0.15, 0.2) is 0 Å². The predicted molar refractivity (Wildman–Crippen MR) is 26.7 cm³/mol. The van der Waals surface area contributed by atoms with Gasteiger partial charge in [0.25, 0.3) is 0 Å². The van der Waals surface area contributed by atoms with Crippen LogP contribution in [0.2, 0.25) is 5.28 Å². The third-order valence-corrected chi connectivity index (χ3v) is 1.69. The summed E-state index contributed by atoms with van der Waals surface area (Å²) in [5.74, 6) is 0. The molecule has 0 aliphatic heterocycles. The molecule has 0 saturated carbocycles. The molecule has 0 aliphatic carbocycles. The van der Waals surface area contributed by atoms with Gasteiger partial charge in [0.1, 0.15) is 0 Å². The summed E-state index contributed by atoms with van der Waals surface area (Å²) in [4.78, 5) is 7.60. The van der Waals surface area contributed by atoms with Gasteiger partial charge in [-0.3, -0.25) is 0 Å². The standard InChI is InChI=1S/C4H2ClN2.ClH.Zn/c5-4-6-2-1-3-7-4;;/h1-2H;1H;/q;;+1/p-1. The first kappa shape index (κ1) is 9.28. The molecule has 2 nitrogen and oxygen atoms in total. The summed E-state index contributed by atoms with van der Waals surface area (Å²) in [6.07, 6.45) is 1.66. The van der Waals surface area contributed by atoms with Crippen LogP contribution in [0.3, 0.4) is 0 Å². The first-order chi connectivity index (χ1) is 3.79. The van der Waals surface area contributed by atoms with Gasteiger partial charge in [0.05, 0.1) is 0 Å². The van der Waals surface area contributed by atoms with Gasteiger partial charge in [-0.15, -0.1) is 0 Å². The van der Waals surface area contributed by atoms with E-state index in [0.29, 0.717) is 5.28 Å². The van der Waals surface area contributed by atoms with Gasteiger partial charge in [-0.05, 0) is 0 Å². The Morgan fingerprint density at radius 1 is 1.56 bits per heavy atom. The molecule has 44 valence electrons. The van der Waals surface area contributed by atoms with Crippen molar-refractivity contribution in [2.75, 3.05) is 0 Å². The molecule has 9 heavy (non-hydrogen) atoms. The molecule has 0 aliphatic rings. The summed E-state index contributed by atoms with van der Waals surface area (Å²) < 4.78 is 1.02. The van der Waals surface area contributed by atoms with E-state index in [1.807, 2.05) is 6.07 Å². The van der Waals surface area contributed by atoms with Crippen LogP contribution in [0, 0.1) is 0 Å². The van der Waals surface area contributed by atoms with Crippen LogP contribution in [0.4, 0.5) is 0 Å². The molecule has 1 heterocycles.